The van der Waals surface area contributed by atoms with Gasteiger partial charge in [0.05, 0.1) is 18.7 Å². The maximum absolute atomic E-state index is 13.0. The Balaban J connectivity index is 1.79. The Kier molecular flexibility index (Phi) is 7.40. The van der Waals surface area contributed by atoms with Crippen LogP contribution in [0.25, 0.3) is 0 Å². The Labute approximate surface area is 196 Å². The van der Waals surface area contributed by atoms with Crippen LogP contribution in [0.4, 0.5) is 0 Å². The summed E-state index contributed by atoms with van der Waals surface area (Å²) < 4.78 is 10.4. The lowest BCUT2D eigenvalue weighted by Gasteiger charge is -2.18. The lowest BCUT2D eigenvalue weighted by atomic mass is 9.97. The molecule has 3 rings (SSSR count). The van der Waals surface area contributed by atoms with Crippen LogP contribution in [0.5, 0.6) is 11.5 Å². The van der Waals surface area contributed by atoms with Crippen LogP contribution in [0.15, 0.2) is 35.5 Å². The van der Waals surface area contributed by atoms with Gasteiger partial charge in [-0.2, -0.15) is 0 Å². The monoisotopic (exact) mass is 469 g/mol. The molecule has 0 fully saturated rings. The van der Waals surface area contributed by atoms with Gasteiger partial charge in [0.15, 0.2) is 18.2 Å². The Morgan fingerprint density at radius 1 is 1.24 bits per heavy atom. The minimum Gasteiger partial charge on any atom is -0.507 e. The topological polar surface area (TPSA) is 152 Å². The van der Waals surface area contributed by atoms with Gasteiger partial charge in [0.25, 0.3) is 5.91 Å². The summed E-state index contributed by atoms with van der Waals surface area (Å²) in [7, 11) is 0. The number of hydrogen-bond donors (Lipinski definition) is 3. The van der Waals surface area contributed by atoms with Crippen molar-refractivity contribution in [3.63, 3.8) is 0 Å². The molecule has 1 heterocycles. The van der Waals surface area contributed by atoms with Crippen molar-refractivity contribution in [2.75, 3.05) is 19.8 Å². The fourth-order valence-electron chi connectivity index (χ4n) is 3.71. The Hall–Kier alpha value is -4.08. The van der Waals surface area contributed by atoms with E-state index in [-0.39, 0.29) is 61.0 Å². The summed E-state index contributed by atoms with van der Waals surface area (Å²) in [6, 6.07) is 7.59. The molecule has 1 amide bonds. The summed E-state index contributed by atoms with van der Waals surface area (Å²) >= 11 is 0. The lowest BCUT2D eigenvalue weighted by Crippen LogP contribution is -2.30. The number of ether oxygens (including phenoxy) is 2. The number of amidine groups is 1. The van der Waals surface area contributed by atoms with Crippen LogP contribution in [0.1, 0.15) is 64.1 Å². The molecule has 0 saturated heterocycles. The molecular weight excluding hydrogens is 442 g/mol. The van der Waals surface area contributed by atoms with E-state index in [9.17, 15) is 19.5 Å². The molecule has 0 saturated carbocycles. The Morgan fingerprint density at radius 3 is 2.62 bits per heavy atom. The molecule has 2 aromatic carbocycles. The minimum absolute atomic E-state index is 0.0493. The first-order chi connectivity index (χ1) is 16.2. The summed E-state index contributed by atoms with van der Waals surface area (Å²) in [6.45, 7) is 5.28. The average molecular weight is 469 g/mol. The van der Waals surface area contributed by atoms with Gasteiger partial charge in [0.1, 0.15) is 11.5 Å². The van der Waals surface area contributed by atoms with E-state index in [1.807, 2.05) is 13.8 Å². The number of hydrogen-bond acceptors (Lipinski definition) is 8. The maximum atomic E-state index is 13.0. The van der Waals surface area contributed by atoms with Crippen molar-refractivity contribution >= 4 is 23.5 Å². The van der Waals surface area contributed by atoms with Crippen molar-refractivity contribution in [2.24, 2.45) is 10.9 Å². The molecule has 1 aliphatic rings. The largest absolute Gasteiger partial charge is 0.507 e. The first-order valence-corrected chi connectivity index (χ1v) is 10.7. The highest BCUT2D eigenvalue weighted by Crippen LogP contribution is 2.34. The van der Waals surface area contributed by atoms with Crippen LogP contribution in [-0.2, 0) is 16.1 Å². The smallest absolute Gasteiger partial charge is 0.344 e. The quantitative estimate of drug-likeness (QED) is 0.126. The van der Waals surface area contributed by atoms with Crippen LogP contribution in [0.2, 0.25) is 0 Å². The zero-order chi connectivity index (χ0) is 25.0. The van der Waals surface area contributed by atoms with Gasteiger partial charge in [0, 0.05) is 23.7 Å². The van der Waals surface area contributed by atoms with Crippen LogP contribution in [0.3, 0.4) is 0 Å². The Morgan fingerprint density at radius 2 is 1.97 bits per heavy atom. The molecular formula is C24H27N3O7. The van der Waals surface area contributed by atoms with Crippen LogP contribution in [-0.4, -0.2) is 58.5 Å². The standard InChI is InChI=1S/C24H27N3O7/c1-4-33-22(30)12-34-21-9-19(28)18(8-17(21)13(2)3)20(29)11-27-10-15-7-14(23(25)26-32)5-6-16(15)24(27)31/h5-9,13,28,32H,4,10-12H2,1-3H3,(H2,25,26). The lowest BCUT2D eigenvalue weighted by molar-refractivity contribution is -0.145. The molecule has 0 bridgehead atoms. The fraction of sp³-hybridized carbons (Fsp3) is 0.333. The molecule has 0 aliphatic carbocycles. The predicted octanol–water partition coefficient (Wildman–Crippen LogP) is 2.39. The highest BCUT2D eigenvalue weighted by atomic mass is 16.6. The minimum atomic E-state index is -0.542. The Bertz CT molecular complexity index is 1160. The molecule has 4 N–H and O–H groups in total. The average Bonchev–Trinajstić information content (AvgIpc) is 3.11. The summed E-state index contributed by atoms with van der Waals surface area (Å²) in [4.78, 5) is 38.8. The summed E-state index contributed by atoms with van der Waals surface area (Å²) in [6.07, 6.45) is 0. The van der Waals surface area contributed by atoms with Gasteiger partial charge in [-0.1, -0.05) is 25.1 Å². The number of amides is 1. The van der Waals surface area contributed by atoms with Gasteiger partial charge in [-0.3, -0.25) is 9.59 Å². The molecule has 0 aromatic heterocycles. The molecule has 1 aliphatic heterocycles. The van der Waals surface area contributed by atoms with Crippen LogP contribution < -0.4 is 10.5 Å². The number of aromatic hydroxyl groups is 1. The van der Waals surface area contributed by atoms with E-state index in [0.717, 1.165) is 0 Å². The van der Waals surface area contributed by atoms with Gasteiger partial charge in [-0.25, -0.2) is 4.79 Å². The normalized spacial score (nSPS) is 13.2. The third-order valence-electron chi connectivity index (χ3n) is 5.42. The summed E-state index contributed by atoms with van der Waals surface area (Å²) in [5, 5.41) is 22.3. The van der Waals surface area contributed by atoms with Crippen molar-refractivity contribution < 1.29 is 34.2 Å². The molecule has 0 atom stereocenters. The van der Waals surface area contributed by atoms with Gasteiger partial charge < -0.3 is 30.4 Å². The van der Waals surface area contributed by atoms with Crippen molar-refractivity contribution in [1.29, 1.82) is 0 Å². The van der Waals surface area contributed by atoms with Crippen LogP contribution in [0, 0.1) is 0 Å². The number of carbonyl (C=O) groups excluding carboxylic acids is 3. The fourth-order valence-corrected chi connectivity index (χ4v) is 3.71. The maximum Gasteiger partial charge on any atom is 0.344 e. The number of nitrogens with two attached hydrogens (primary N) is 1. The number of benzene rings is 2. The number of ketones is 1. The number of phenolic OH excluding ortho intramolecular Hbond substituents is 1. The summed E-state index contributed by atoms with van der Waals surface area (Å²) in [5.74, 6) is -1.51. The number of rotatable bonds is 9. The van der Waals surface area contributed by atoms with E-state index in [0.29, 0.717) is 22.3 Å². The summed E-state index contributed by atoms with van der Waals surface area (Å²) in [5.41, 5.74) is 7.83. The van der Waals surface area contributed by atoms with E-state index in [1.54, 1.807) is 25.1 Å². The molecule has 10 nitrogen and oxygen atoms in total. The number of carbonyl (C=O) groups is 3. The molecule has 10 heteroatoms. The second-order valence-corrected chi connectivity index (χ2v) is 8.10. The second kappa shape index (κ2) is 10.2. The van der Waals surface area contributed by atoms with Crippen molar-refractivity contribution in [2.45, 2.75) is 33.2 Å². The van der Waals surface area contributed by atoms with Crippen LogP contribution >= 0.6 is 0 Å². The third kappa shape index (κ3) is 5.11. The van der Waals surface area contributed by atoms with E-state index < -0.39 is 11.8 Å². The van der Waals surface area contributed by atoms with Crippen molar-refractivity contribution in [3.05, 3.63) is 58.1 Å². The van der Waals surface area contributed by atoms with Crippen molar-refractivity contribution in [3.8, 4) is 11.5 Å². The predicted molar refractivity (Wildman–Crippen MR) is 122 cm³/mol. The zero-order valence-corrected chi connectivity index (χ0v) is 19.2. The number of fused-ring (bicyclic) bond motifs is 1. The molecule has 0 spiro atoms. The number of esters is 1. The third-order valence-corrected chi connectivity index (χ3v) is 5.42. The highest BCUT2D eigenvalue weighted by molar-refractivity contribution is 6.06. The van der Waals surface area contributed by atoms with Gasteiger partial charge in [-0.15, -0.1) is 0 Å². The zero-order valence-electron chi connectivity index (χ0n) is 19.2. The molecule has 0 radical (unpaired) electrons. The molecule has 0 unspecified atom stereocenters. The van der Waals surface area contributed by atoms with Gasteiger partial charge in [-0.05, 0) is 42.2 Å². The number of phenols is 1. The van der Waals surface area contributed by atoms with Gasteiger partial charge >= 0.3 is 5.97 Å². The van der Waals surface area contributed by atoms with E-state index in [1.165, 1.54) is 17.0 Å². The number of oxime groups is 1. The van der Waals surface area contributed by atoms with E-state index >= 15 is 0 Å². The first kappa shape index (κ1) is 24.6. The van der Waals surface area contributed by atoms with E-state index in [2.05, 4.69) is 5.16 Å². The highest BCUT2D eigenvalue weighted by Gasteiger charge is 2.30. The molecule has 180 valence electrons. The molecule has 2 aromatic rings. The van der Waals surface area contributed by atoms with Gasteiger partial charge in [0.2, 0.25) is 0 Å². The SMILES string of the molecule is CCOC(=O)COc1cc(O)c(C(=O)CN2Cc3cc(C(N)=NO)ccc3C2=O)cc1C(C)C. The second-order valence-electron chi connectivity index (χ2n) is 8.10. The molecule has 34 heavy (non-hydrogen) atoms. The van der Waals surface area contributed by atoms with E-state index in [4.69, 9.17) is 20.4 Å². The number of Topliss-reactive ketones (excluding diaryl/α,β-unsaturated/α-hetero) is 1. The first-order valence-electron chi connectivity index (χ1n) is 10.7. The van der Waals surface area contributed by atoms with Crippen molar-refractivity contribution in [1.82, 2.24) is 4.90 Å². The number of nitrogens with zero attached hydrogens (tertiary/aromatic N) is 2.